The molecule has 0 saturated carbocycles. The molecule has 22 heavy (non-hydrogen) atoms. The summed E-state index contributed by atoms with van der Waals surface area (Å²) < 4.78 is 0. The maximum atomic E-state index is 12.0. The first kappa shape index (κ1) is 15.0. The van der Waals surface area contributed by atoms with Gasteiger partial charge < -0.3 is 10.6 Å². The summed E-state index contributed by atoms with van der Waals surface area (Å²) in [6.45, 7) is 3.50. The predicted octanol–water partition coefficient (Wildman–Crippen LogP) is 1.88. The van der Waals surface area contributed by atoms with Crippen molar-refractivity contribution >= 4 is 22.4 Å². The van der Waals surface area contributed by atoms with Crippen LogP contribution in [-0.4, -0.2) is 42.0 Å². The summed E-state index contributed by atoms with van der Waals surface area (Å²) in [5.41, 5.74) is 6.65. The maximum Gasteiger partial charge on any atom is 0.239 e. The standard InChI is InChI=1S/C16H20N4OS/c17-15(21)14(13-5-2-1-3-6-13)19-8-4-9-20(11-10-19)16-18-7-12-22-16/h1-3,5-7,12,14H,4,8-11H2,(H2,17,21)/t14-/m1/s1. The molecular formula is C16H20N4OS. The maximum absolute atomic E-state index is 12.0. The number of hydrogen-bond donors (Lipinski definition) is 1. The Morgan fingerprint density at radius 3 is 2.68 bits per heavy atom. The molecule has 2 N–H and O–H groups in total. The molecule has 2 aromatic rings. The fourth-order valence-electron chi connectivity index (χ4n) is 2.95. The minimum Gasteiger partial charge on any atom is -0.368 e. The van der Waals surface area contributed by atoms with E-state index in [4.69, 9.17) is 5.73 Å². The van der Waals surface area contributed by atoms with E-state index in [2.05, 4.69) is 14.8 Å². The van der Waals surface area contributed by atoms with E-state index in [1.807, 2.05) is 41.9 Å². The number of nitrogens with zero attached hydrogens (tertiary/aromatic N) is 3. The highest BCUT2D eigenvalue weighted by Crippen LogP contribution is 2.24. The SMILES string of the molecule is NC(=O)[C@@H](c1ccccc1)N1CCCN(c2nccs2)CC1. The van der Waals surface area contributed by atoms with Gasteiger partial charge in [0.15, 0.2) is 5.13 Å². The Hall–Kier alpha value is -1.92. The van der Waals surface area contributed by atoms with Crippen LogP contribution in [-0.2, 0) is 4.79 Å². The van der Waals surface area contributed by atoms with Crippen molar-refractivity contribution in [1.82, 2.24) is 9.88 Å². The molecule has 0 bridgehead atoms. The third-order valence-electron chi connectivity index (χ3n) is 3.97. The van der Waals surface area contributed by atoms with Gasteiger partial charge >= 0.3 is 0 Å². The minimum absolute atomic E-state index is 0.283. The van der Waals surface area contributed by atoms with Gasteiger partial charge in [0.1, 0.15) is 6.04 Å². The average Bonchev–Trinajstić information content (AvgIpc) is 2.95. The van der Waals surface area contributed by atoms with Gasteiger partial charge in [-0.2, -0.15) is 0 Å². The number of carbonyl (C=O) groups is 1. The van der Waals surface area contributed by atoms with Crippen molar-refractivity contribution in [3.8, 4) is 0 Å². The zero-order valence-electron chi connectivity index (χ0n) is 12.4. The van der Waals surface area contributed by atoms with E-state index in [0.717, 1.165) is 43.3 Å². The number of nitrogens with two attached hydrogens (primary N) is 1. The van der Waals surface area contributed by atoms with Crippen LogP contribution in [0.4, 0.5) is 5.13 Å². The van der Waals surface area contributed by atoms with Gasteiger partial charge in [-0.25, -0.2) is 4.98 Å². The van der Waals surface area contributed by atoms with Crippen LogP contribution in [0.15, 0.2) is 41.9 Å². The molecule has 1 fully saturated rings. The summed E-state index contributed by atoms with van der Waals surface area (Å²) in [6.07, 6.45) is 2.83. The van der Waals surface area contributed by atoms with E-state index >= 15 is 0 Å². The number of amides is 1. The summed E-state index contributed by atoms with van der Waals surface area (Å²) in [6, 6.07) is 9.44. The van der Waals surface area contributed by atoms with Gasteiger partial charge in [0, 0.05) is 37.8 Å². The molecule has 2 heterocycles. The lowest BCUT2D eigenvalue weighted by atomic mass is 10.0. The fraction of sp³-hybridized carbons (Fsp3) is 0.375. The molecule has 1 atom stereocenters. The third kappa shape index (κ3) is 3.28. The van der Waals surface area contributed by atoms with Crippen LogP contribution in [0.1, 0.15) is 18.0 Å². The molecular weight excluding hydrogens is 296 g/mol. The quantitative estimate of drug-likeness (QED) is 0.935. The van der Waals surface area contributed by atoms with Crippen LogP contribution in [0.25, 0.3) is 0 Å². The number of aromatic nitrogens is 1. The number of carbonyl (C=O) groups excluding carboxylic acids is 1. The summed E-state index contributed by atoms with van der Waals surface area (Å²) in [5, 5.41) is 3.05. The predicted molar refractivity (Wildman–Crippen MR) is 88.9 cm³/mol. The molecule has 5 nitrogen and oxygen atoms in total. The van der Waals surface area contributed by atoms with Gasteiger partial charge in [-0.1, -0.05) is 30.3 Å². The first-order valence-electron chi connectivity index (χ1n) is 7.48. The zero-order chi connectivity index (χ0) is 15.4. The minimum atomic E-state index is -0.350. The zero-order valence-corrected chi connectivity index (χ0v) is 13.2. The molecule has 1 aromatic heterocycles. The van der Waals surface area contributed by atoms with Crippen LogP contribution in [0.2, 0.25) is 0 Å². The van der Waals surface area contributed by atoms with E-state index < -0.39 is 0 Å². The van der Waals surface area contributed by atoms with E-state index in [1.165, 1.54) is 0 Å². The number of hydrogen-bond acceptors (Lipinski definition) is 5. The molecule has 6 heteroatoms. The molecule has 1 aliphatic rings. The van der Waals surface area contributed by atoms with Crippen LogP contribution in [0.5, 0.6) is 0 Å². The lowest BCUT2D eigenvalue weighted by Crippen LogP contribution is -2.40. The van der Waals surface area contributed by atoms with Gasteiger partial charge in [0.25, 0.3) is 0 Å². The largest absolute Gasteiger partial charge is 0.368 e. The van der Waals surface area contributed by atoms with Crippen molar-refractivity contribution in [2.24, 2.45) is 5.73 Å². The number of primary amides is 1. The van der Waals surface area contributed by atoms with Crippen LogP contribution >= 0.6 is 11.3 Å². The van der Waals surface area contributed by atoms with Gasteiger partial charge in [0.05, 0.1) is 0 Å². The first-order chi connectivity index (χ1) is 10.8. The second-order valence-electron chi connectivity index (χ2n) is 5.41. The van der Waals surface area contributed by atoms with Gasteiger partial charge in [-0.15, -0.1) is 11.3 Å². The molecule has 1 aromatic carbocycles. The van der Waals surface area contributed by atoms with Crippen molar-refractivity contribution in [3.63, 3.8) is 0 Å². The average molecular weight is 316 g/mol. The Balaban J connectivity index is 1.75. The van der Waals surface area contributed by atoms with Crippen LogP contribution in [0.3, 0.4) is 0 Å². The summed E-state index contributed by atoms with van der Waals surface area (Å²) >= 11 is 1.66. The molecule has 3 rings (SSSR count). The van der Waals surface area contributed by atoms with E-state index in [-0.39, 0.29) is 11.9 Å². The fourth-order valence-corrected chi connectivity index (χ4v) is 3.65. The lowest BCUT2D eigenvalue weighted by molar-refractivity contribution is -0.123. The molecule has 0 radical (unpaired) electrons. The topological polar surface area (TPSA) is 62.5 Å². The number of anilines is 1. The van der Waals surface area contributed by atoms with E-state index in [9.17, 15) is 4.79 Å². The Kier molecular flexibility index (Phi) is 4.70. The van der Waals surface area contributed by atoms with Gasteiger partial charge in [-0.3, -0.25) is 9.69 Å². The lowest BCUT2D eigenvalue weighted by Gasteiger charge is -2.28. The second kappa shape index (κ2) is 6.89. The monoisotopic (exact) mass is 316 g/mol. The summed E-state index contributed by atoms with van der Waals surface area (Å²) in [7, 11) is 0. The highest BCUT2D eigenvalue weighted by Gasteiger charge is 2.27. The van der Waals surface area contributed by atoms with Crippen molar-refractivity contribution < 1.29 is 4.79 Å². The normalized spacial score (nSPS) is 17.9. The van der Waals surface area contributed by atoms with Crippen molar-refractivity contribution in [2.75, 3.05) is 31.1 Å². The highest BCUT2D eigenvalue weighted by molar-refractivity contribution is 7.13. The molecule has 116 valence electrons. The molecule has 1 aliphatic heterocycles. The van der Waals surface area contributed by atoms with Gasteiger partial charge in [-0.05, 0) is 12.0 Å². The Bertz CT molecular complexity index is 602. The van der Waals surface area contributed by atoms with Crippen molar-refractivity contribution in [2.45, 2.75) is 12.5 Å². The molecule has 0 unspecified atom stereocenters. The Morgan fingerprint density at radius 2 is 2.00 bits per heavy atom. The second-order valence-corrected chi connectivity index (χ2v) is 6.28. The Morgan fingerprint density at radius 1 is 1.18 bits per heavy atom. The summed E-state index contributed by atoms with van der Waals surface area (Å²) in [4.78, 5) is 20.8. The Labute approximate surface area is 134 Å². The molecule has 0 aliphatic carbocycles. The first-order valence-corrected chi connectivity index (χ1v) is 8.36. The molecule has 0 spiro atoms. The van der Waals surface area contributed by atoms with Gasteiger partial charge in [0.2, 0.25) is 5.91 Å². The van der Waals surface area contributed by atoms with Crippen molar-refractivity contribution in [3.05, 3.63) is 47.5 Å². The summed E-state index contributed by atoms with van der Waals surface area (Å²) in [5.74, 6) is -0.283. The number of benzene rings is 1. The number of rotatable bonds is 4. The smallest absolute Gasteiger partial charge is 0.239 e. The van der Waals surface area contributed by atoms with E-state index in [1.54, 1.807) is 11.3 Å². The van der Waals surface area contributed by atoms with Crippen LogP contribution in [0, 0.1) is 0 Å². The molecule has 1 saturated heterocycles. The molecule has 1 amide bonds. The van der Waals surface area contributed by atoms with Crippen LogP contribution < -0.4 is 10.6 Å². The van der Waals surface area contributed by atoms with E-state index in [0.29, 0.717) is 0 Å². The van der Waals surface area contributed by atoms with Crippen molar-refractivity contribution in [1.29, 1.82) is 0 Å². The third-order valence-corrected chi connectivity index (χ3v) is 4.80. The highest BCUT2D eigenvalue weighted by atomic mass is 32.1. The number of thiazole rings is 1.